The summed E-state index contributed by atoms with van der Waals surface area (Å²) in [5.41, 5.74) is 2.35. The summed E-state index contributed by atoms with van der Waals surface area (Å²) in [6, 6.07) is 14.5. The van der Waals surface area contributed by atoms with Crippen molar-refractivity contribution in [3.63, 3.8) is 0 Å². The van der Waals surface area contributed by atoms with Crippen molar-refractivity contribution in [1.82, 2.24) is 9.88 Å². The number of para-hydroxylation sites is 1. The summed E-state index contributed by atoms with van der Waals surface area (Å²) in [5.74, 6) is 0.614. The van der Waals surface area contributed by atoms with Crippen LogP contribution in [0.4, 0.5) is 10.1 Å². The fraction of sp³-hybridized carbons (Fsp3) is 0.273. The summed E-state index contributed by atoms with van der Waals surface area (Å²) in [6.45, 7) is 2.41. The van der Waals surface area contributed by atoms with Gasteiger partial charge in [0.25, 0.3) is 0 Å². The Bertz CT molecular complexity index is 999. The molecule has 1 fully saturated rings. The molecule has 0 spiro atoms. The number of nitrogens with zero attached hydrogens (tertiary/aromatic N) is 3. The largest absolute Gasteiger partial charge is 0.497 e. The Labute approximate surface area is 173 Å². The molecule has 2 aromatic carbocycles. The summed E-state index contributed by atoms with van der Waals surface area (Å²) >= 11 is 1.52. The SMILES string of the molecule is COc1cccc(-c2nc(CC(=O)N3CCN(c4ccccc4F)CC3)cs2)c1. The number of ether oxygens (including phenoxy) is 1. The third kappa shape index (κ3) is 4.40. The van der Waals surface area contributed by atoms with E-state index in [0.717, 1.165) is 22.0 Å². The quantitative estimate of drug-likeness (QED) is 0.640. The summed E-state index contributed by atoms with van der Waals surface area (Å²) in [6.07, 6.45) is 0.278. The summed E-state index contributed by atoms with van der Waals surface area (Å²) < 4.78 is 19.2. The van der Waals surface area contributed by atoms with E-state index in [0.29, 0.717) is 31.9 Å². The average molecular weight is 412 g/mol. The van der Waals surface area contributed by atoms with Gasteiger partial charge in [0.05, 0.1) is 24.9 Å². The highest BCUT2D eigenvalue weighted by Gasteiger charge is 2.23. The minimum Gasteiger partial charge on any atom is -0.497 e. The van der Waals surface area contributed by atoms with E-state index in [1.165, 1.54) is 17.4 Å². The molecule has 150 valence electrons. The van der Waals surface area contributed by atoms with Crippen molar-refractivity contribution in [3.05, 3.63) is 65.4 Å². The van der Waals surface area contributed by atoms with Gasteiger partial charge in [-0.1, -0.05) is 24.3 Å². The van der Waals surface area contributed by atoms with E-state index in [1.807, 2.05) is 45.5 Å². The first-order valence-corrected chi connectivity index (χ1v) is 10.4. The molecule has 4 rings (SSSR count). The van der Waals surface area contributed by atoms with Gasteiger partial charge in [0.2, 0.25) is 5.91 Å². The predicted molar refractivity (Wildman–Crippen MR) is 113 cm³/mol. The number of amides is 1. The maximum atomic E-state index is 14.0. The average Bonchev–Trinajstić information content (AvgIpc) is 3.23. The zero-order valence-corrected chi connectivity index (χ0v) is 17.0. The van der Waals surface area contributed by atoms with Gasteiger partial charge in [-0.2, -0.15) is 0 Å². The lowest BCUT2D eigenvalue weighted by Crippen LogP contribution is -2.49. The van der Waals surface area contributed by atoms with Gasteiger partial charge in [0.15, 0.2) is 0 Å². The highest BCUT2D eigenvalue weighted by molar-refractivity contribution is 7.13. The molecule has 2 heterocycles. The van der Waals surface area contributed by atoms with Gasteiger partial charge in [0, 0.05) is 37.1 Å². The number of benzene rings is 2. The third-order valence-electron chi connectivity index (χ3n) is 5.03. The van der Waals surface area contributed by atoms with Crippen molar-refractivity contribution >= 4 is 22.9 Å². The summed E-state index contributed by atoms with van der Waals surface area (Å²) in [7, 11) is 1.64. The second kappa shape index (κ2) is 8.61. The van der Waals surface area contributed by atoms with Crippen LogP contribution < -0.4 is 9.64 Å². The molecule has 1 amide bonds. The van der Waals surface area contributed by atoms with E-state index in [4.69, 9.17) is 4.74 Å². The van der Waals surface area contributed by atoms with E-state index >= 15 is 0 Å². The van der Waals surface area contributed by atoms with Crippen LogP contribution in [0.5, 0.6) is 5.75 Å². The Kier molecular flexibility index (Phi) is 5.76. The first-order chi connectivity index (χ1) is 14.1. The van der Waals surface area contributed by atoms with Crippen LogP contribution in [-0.2, 0) is 11.2 Å². The van der Waals surface area contributed by atoms with Crippen molar-refractivity contribution < 1.29 is 13.9 Å². The van der Waals surface area contributed by atoms with Gasteiger partial charge < -0.3 is 14.5 Å². The number of aromatic nitrogens is 1. The lowest BCUT2D eigenvalue weighted by Gasteiger charge is -2.36. The Hall–Kier alpha value is -2.93. The van der Waals surface area contributed by atoms with Crippen LogP contribution in [0.1, 0.15) is 5.69 Å². The van der Waals surface area contributed by atoms with Crippen molar-refractivity contribution in [2.45, 2.75) is 6.42 Å². The number of hydrogen-bond donors (Lipinski definition) is 0. The Morgan fingerprint density at radius 3 is 2.69 bits per heavy atom. The van der Waals surface area contributed by atoms with Crippen molar-refractivity contribution in [2.24, 2.45) is 0 Å². The lowest BCUT2D eigenvalue weighted by atomic mass is 10.2. The number of hydrogen-bond acceptors (Lipinski definition) is 5. The second-order valence-electron chi connectivity index (χ2n) is 6.87. The van der Waals surface area contributed by atoms with E-state index in [2.05, 4.69) is 4.98 Å². The van der Waals surface area contributed by atoms with Gasteiger partial charge in [-0.25, -0.2) is 9.37 Å². The van der Waals surface area contributed by atoms with Gasteiger partial charge in [-0.15, -0.1) is 11.3 Å². The number of methoxy groups -OCH3 is 1. The number of rotatable bonds is 5. The second-order valence-corrected chi connectivity index (χ2v) is 7.73. The van der Waals surface area contributed by atoms with Crippen molar-refractivity contribution in [1.29, 1.82) is 0 Å². The molecule has 0 aliphatic carbocycles. The van der Waals surface area contributed by atoms with Crippen LogP contribution in [0, 0.1) is 5.82 Å². The van der Waals surface area contributed by atoms with E-state index < -0.39 is 0 Å². The van der Waals surface area contributed by atoms with E-state index in [-0.39, 0.29) is 18.1 Å². The maximum Gasteiger partial charge on any atom is 0.228 e. The Balaban J connectivity index is 1.36. The first-order valence-electron chi connectivity index (χ1n) is 9.50. The molecule has 7 heteroatoms. The van der Waals surface area contributed by atoms with Gasteiger partial charge in [-0.3, -0.25) is 4.79 Å². The Morgan fingerprint density at radius 2 is 1.93 bits per heavy atom. The number of piperazine rings is 1. The van der Waals surface area contributed by atoms with Crippen LogP contribution in [0.2, 0.25) is 0 Å². The van der Waals surface area contributed by atoms with Crippen LogP contribution in [0.15, 0.2) is 53.9 Å². The summed E-state index contributed by atoms with van der Waals surface area (Å²) in [4.78, 5) is 21.1. The number of carbonyl (C=O) groups is 1. The van der Waals surface area contributed by atoms with Crippen LogP contribution >= 0.6 is 11.3 Å². The topological polar surface area (TPSA) is 45.7 Å². The maximum absolute atomic E-state index is 14.0. The summed E-state index contributed by atoms with van der Waals surface area (Å²) in [5, 5.41) is 2.80. The highest BCUT2D eigenvalue weighted by Crippen LogP contribution is 2.27. The van der Waals surface area contributed by atoms with E-state index in [1.54, 1.807) is 19.2 Å². The molecular weight excluding hydrogens is 389 g/mol. The van der Waals surface area contributed by atoms with Crippen molar-refractivity contribution in [2.75, 3.05) is 38.2 Å². The van der Waals surface area contributed by atoms with Gasteiger partial charge >= 0.3 is 0 Å². The monoisotopic (exact) mass is 411 g/mol. The zero-order valence-electron chi connectivity index (χ0n) is 16.2. The molecule has 0 unspecified atom stereocenters. The molecule has 1 aliphatic rings. The molecular formula is C22H22FN3O2S. The predicted octanol–water partition coefficient (Wildman–Crippen LogP) is 3.85. The minimum absolute atomic E-state index is 0.0562. The molecule has 1 aromatic heterocycles. The molecule has 0 atom stereocenters. The fourth-order valence-corrected chi connectivity index (χ4v) is 4.27. The van der Waals surface area contributed by atoms with Gasteiger partial charge in [0.1, 0.15) is 16.6 Å². The van der Waals surface area contributed by atoms with E-state index in [9.17, 15) is 9.18 Å². The lowest BCUT2D eigenvalue weighted by molar-refractivity contribution is -0.130. The minimum atomic E-state index is -0.222. The molecule has 29 heavy (non-hydrogen) atoms. The molecule has 0 bridgehead atoms. The standard InChI is InChI=1S/C22H22FN3O2S/c1-28-18-6-4-5-16(13-18)22-24-17(15-29-22)14-21(27)26-11-9-25(10-12-26)20-8-3-2-7-19(20)23/h2-8,13,15H,9-12,14H2,1H3. The number of carbonyl (C=O) groups excluding carboxylic acids is 1. The van der Waals surface area contributed by atoms with Crippen LogP contribution in [0.3, 0.4) is 0 Å². The molecule has 3 aromatic rings. The number of thiazole rings is 1. The normalized spacial score (nSPS) is 14.1. The Morgan fingerprint density at radius 1 is 1.14 bits per heavy atom. The molecule has 5 nitrogen and oxygen atoms in total. The molecule has 1 saturated heterocycles. The van der Waals surface area contributed by atoms with Crippen LogP contribution in [-0.4, -0.2) is 49.1 Å². The van der Waals surface area contributed by atoms with Gasteiger partial charge in [-0.05, 0) is 24.3 Å². The number of halogens is 1. The molecule has 0 saturated carbocycles. The number of anilines is 1. The van der Waals surface area contributed by atoms with Crippen molar-refractivity contribution in [3.8, 4) is 16.3 Å². The molecule has 0 radical (unpaired) electrons. The first kappa shape index (κ1) is 19.4. The molecule has 1 aliphatic heterocycles. The fourth-order valence-electron chi connectivity index (χ4n) is 3.45. The highest BCUT2D eigenvalue weighted by atomic mass is 32.1. The zero-order chi connectivity index (χ0) is 20.2. The van der Waals surface area contributed by atoms with Crippen LogP contribution in [0.25, 0.3) is 10.6 Å². The molecule has 0 N–H and O–H groups in total. The smallest absolute Gasteiger partial charge is 0.228 e. The third-order valence-corrected chi connectivity index (χ3v) is 5.97.